The zero-order valence-electron chi connectivity index (χ0n) is 12.9. The Morgan fingerprint density at radius 2 is 1.80 bits per heavy atom. The van der Waals surface area contributed by atoms with E-state index in [9.17, 15) is 18.0 Å². The molecule has 3 aliphatic heterocycles. The largest absolute Gasteiger partial charge is 0.486 e. The maximum Gasteiger partial charge on any atom is 0.324 e. The van der Waals surface area contributed by atoms with Gasteiger partial charge >= 0.3 is 6.03 Å². The highest BCUT2D eigenvalue weighted by Crippen LogP contribution is 2.38. The van der Waals surface area contributed by atoms with Crippen molar-refractivity contribution < 1.29 is 27.5 Å². The number of carbonyl (C=O) groups excluding carboxylic acids is 2. The number of carbonyl (C=O) groups is 2. The fraction of sp³-hybridized carbons (Fsp3) is 0.429. The first-order chi connectivity index (χ1) is 11.9. The summed E-state index contributed by atoms with van der Waals surface area (Å²) >= 11 is 3.27. The van der Waals surface area contributed by atoms with Crippen LogP contribution < -0.4 is 14.8 Å². The van der Waals surface area contributed by atoms with Gasteiger partial charge in [0.2, 0.25) is 10.0 Å². The lowest BCUT2D eigenvalue weighted by molar-refractivity contribution is -0.122. The van der Waals surface area contributed by atoms with Gasteiger partial charge in [-0.05, 0) is 22.0 Å². The van der Waals surface area contributed by atoms with E-state index < -0.39 is 28.0 Å². The third-order valence-corrected chi connectivity index (χ3v) is 7.17. The number of rotatable bonds is 2. The Morgan fingerprint density at radius 1 is 1.12 bits per heavy atom. The van der Waals surface area contributed by atoms with Gasteiger partial charge in [0.25, 0.3) is 5.91 Å². The Kier molecular flexibility index (Phi) is 3.89. The Balaban J connectivity index is 1.66. The minimum atomic E-state index is -3.87. The van der Waals surface area contributed by atoms with Gasteiger partial charge in [0.1, 0.15) is 24.2 Å². The van der Waals surface area contributed by atoms with E-state index in [1.807, 2.05) is 0 Å². The first kappa shape index (κ1) is 16.6. The molecule has 2 saturated heterocycles. The van der Waals surface area contributed by atoms with Crippen molar-refractivity contribution in [2.75, 3.05) is 32.8 Å². The van der Waals surface area contributed by atoms with Gasteiger partial charge in [-0.3, -0.25) is 10.1 Å². The molecule has 3 aliphatic rings. The van der Waals surface area contributed by atoms with E-state index in [2.05, 4.69) is 21.2 Å². The van der Waals surface area contributed by atoms with Crippen LogP contribution in [0.25, 0.3) is 0 Å². The van der Waals surface area contributed by atoms with Crippen molar-refractivity contribution in [1.29, 1.82) is 0 Å². The van der Waals surface area contributed by atoms with Crippen LogP contribution in [0.2, 0.25) is 0 Å². The second-order valence-electron chi connectivity index (χ2n) is 5.79. The molecule has 134 valence electrons. The molecule has 0 spiro atoms. The summed E-state index contributed by atoms with van der Waals surface area (Å²) < 4.78 is 38.5. The van der Waals surface area contributed by atoms with E-state index in [0.717, 1.165) is 0 Å². The standard InChI is InChI=1S/C14H14BrN3O6S/c15-8-5-10-11(24-4-3-23-10)6-12(8)25(21,22)17-1-2-18-9(7-17)13(19)16-14(18)20/h5-6,9H,1-4,7H2,(H,16,19,20). The number of urea groups is 1. The van der Waals surface area contributed by atoms with Crippen LogP contribution in [0.5, 0.6) is 11.5 Å². The SMILES string of the molecule is O=C1NC(=O)N2CCN(S(=O)(=O)c3cc4c(cc3Br)OCCO4)CC12. The maximum absolute atomic E-state index is 13.0. The Bertz CT molecular complexity index is 874. The van der Waals surface area contributed by atoms with E-state index in [4.69, 9.17) is 9.47 Å². The van der Waals surface area contributed by atoms with Crippen LogP contribution in [0.3, 0.4) is 0 Å². The van der Waals surface area contributed by atoms with Crippen LogP contribution in [0.4, 0.5) is 4.79 Å². The number of fused-ring (bicyclic) bond motifs is 2. The number of halogens is 1. The molecule has 25 heavy (non-hydrogen) atoms. The summed E-state index contributed by atoms with van der Waals surface area (Å²) in [6.45, 7) is 0.931. The first-order valence-electron chi connectivity index (χ1n) is 7.58. The highest BCUT2D eigenvalue weighted by atomic mass is 79.9. The van der Waals surface area contributed by atoms with Gasteiger partial charge in [-0.2, -0.15) is 4.31 Å². The van der Waals surface area contributed by atoms with Gasteiger partial charge in [0, 0.05) is 30.2 Å². The average Bonchev–Trinajstić information content (AvgIpc) is 2.88. The van der Waals surface area contributed by atoms with Crippen molar-refractivity contribution in [3.05, 3.63) is 16.6 Å². The number of hydrogen-bond donors (Lipinski definition) is 1. The normalized spacial score (nSPS) is 23.4. The minimum absolute atomic E-state index is 0.0370. The molecular weight excluding hydrogens is 418 g/mol. The lowest BCUT2D eigenvalue weighted by Gasteiger charge is -2.34. The average molecular weight is 432 g/mol. The summed E-state index contributed by atoms with van der Waals surface area (Å²) in [7, 11) is -3.87. The summed E-state index contributed by atoms with van der Waals surface area (Å²) in [6, 6.07) is 1.70. The van der Waals surface area contributed by atoms with Gasteiger partial charge in [-0.15, -0.1) is 0 Å². The molecule has 1 aromatic carbocycles. The Morgan fingerprint density at radius 3 is 2.52 bits per heavy atom. The second kappa shape index (κ2) is 5.85. The van der Waals surface area contributed by atoms with E-state index in [1.165, 1.54) is 15.3 Å². The van der Waals surface area contributed by atoms with Crippen LogP contribution in [0.15, 0.2) is 21.5 Å². The fourth-order valence-corrected chi connectivity index (χ4v) is 5.52. The molecule has 1 N–H and O–H groups in total. The van der Waals surface area contributed by atoms with Gasteiger partial charge in [-0.25, -0.2) is 13.2 Å². The van der Waals surface area contributed by atoms with Crippen LogP contribution in [0.1, 0.15) is 0 Å². The number of piperazine rings is 1. The number of nitrogens with zero attached hydrogens (tertiary/aromatic N) is 2. The van der Waals surface area contributed by atoms with E-state index in [1.54, 1.807) is 6.07 Å². The number of nitrogens with one attached hydrogen (secondary N) is 1. The molecule has 4 rings (SSSR count). The summed E-state index contributed by atoms with van der Waals surface area (Å²) in [4.78, 5) is 24.9. The van der Waals surface area contributed by atoms with Crippen LogP contribution in [0, 0.1) is 0 Å². The monoisotopic (exact) mass is 431 g/mol. The molecule has 1 aromatic rings. The van der Waals surface area contributed by atoms with Gasteiger partial charge in [0.05, 0.1) is 0 Å². The van der Waals surface area contributed by atoms with Crippen molar-refractivity contribution in [1.82, 2.24) is 14.5 Å². The second-order valence-corrected chi connectivity index (χ2v) is 8.55. The Labute approximate surface area is 152 Å². The quantitative estimate of drug-likeness (QED) is 0.667. The summed E-state index contributed by atoms with van der Waals surface area (Å²) in [5.74, 6) is 0.356. The van der Waals surface area contributed by atoms with Crippen molar-refractivity contribution >= 4 is 37.9 Å². The number of sulfonamides is 1. The van der Waals surface area contributed by atoms with Gasteiger partial charge < -0.3 is 14.4 Å². The lowest BCUT2D eigenvalue weighted by Crippen LogP contribution is -2.54. The van der Waals surface area contributed by atoms with Crippen molar-refractivity contribution in [2.24, 2.45) is 0 Å². The Hall–Kier alpha value is -1.85. The third kappa shape index (κ3) is 2.66. The first-order valence-corrected chi connectivity index (χ1v) is 9.82. The van der Waals surface area contributed by atoms with E-state index >= 15 is 0 Å². The highest BCUT2D eigenvalue weighted by Gasteiger charge is 2.45. The predicted octanol–water partition coefficient (Wildman–Crippen LogP) is 0.145. The fourth-order valence-electron chi connectivity index (χ4n) is 3.09. The molecule has 3 heterocycles. The molecule has 1 atom stereocenters. The number of benzene rings is 1. The highest BCUT2D eigenvalue weighted by molar-refractivity contribution is 9.10. The molecule has 0 aromatic heterocycles. The summed E-state index contributed by atoms with van der Waals surface area (Å²) in [5.41, 5.74) is 0. The zero-order valence-corrected chi connectivity index (χ0v) is 15.3. The van der Waals surface area contributed by atoms with Crippen molar-refractivity contribution in [3.63, 3.8) is 0 Å². The van der Waals surface area contributed by atoms with E-state index in [-0.39, 0.29) is 24.5 Å². The number of hydrogen-bond acceptors (Lipinski definition) is 6. The van der Waals surface area contributed by atoms with Gasteiger partial charge in [-0.1, -0.05) is 0 Å². The zero-order chi connectivity index (χ0) is 17.8. The molecular formula is C14H14BrN3O6S. The minimum Gasteiger partial charge on any atom is -0.486 e. The molecule has 3 amide bonds. The van der Waals surface area contributed by atoms with Crippen LogP contribution in [-0.2, 0) is 14.8 Å². The summed E-state index contributed by atoms with van der Waals surface area (Å²) in [6.07, 6.45) is 0. The molecule has 0 saturated carbocycles. The molecule has 9 nitrogen and oxygen atoms in total. The molecule has 11 heteroatoms. The number of amides is 3. The smallest absolute Gasteiger partial charge is 0.324 e. The van der Waals surface area contributed by atoms with Crippen molar-refractivity contribution in [3.8, 4) is 11.5 Å². The molecule has 1 unspecified atom stereocenters. The van der Waals surface area contributed by atoms with Gasteiger partial charge in [0.15, 0.2) is 11.5 Å². The molecule has 2 fully saturated rings. The number of ether oxygens (including phenoxy) is 2. The maximum atomic E-state index is 13.0. The summed E-state index contributed by atoms with van der Waals surface area (Å²) in [5, 5.41) is 2.20. The van der Waals surface area contributed by atoms with Crippen LogP contribution in [-0.4, -0.2) is 68.5 Å². The number of imide groups is 1. The molecule has 0 bridgehead atoms. The van der Waals surface area contributed by atoms with Crippen LogP contribution >= 0.6 is 15.9 Å². The molecule has 0 radical (unpaired) electrons. The van der Waals surface area contributed by atoms with Crippen molar-refractivity contribution in [2.45, 2.75) is 10.9 Å². The topological polar surface area (TPSA) is 105 Å². The molecule has 0 aliphatic carbocycles. The lowest BCUT2D eigenvalue weighted by atomic mass is 10.2. The third-order valence-electron chi connectivity index (χ3n) is 4.35. The van der Waals surface area contributed by atoms with E-state index in [0.29, 0.717) is 29.2 Å². The predicted molar refractivity (Wildman–Crippen MR) is 87.9 cm³/mol.